The molecule has 5 aliphatic carbocycles. The molecule has 0 aromatic rings. The molecule has 0 aromatic carbocycles. The highest BCUT2D eigenvalue weighted by molar-refractivity contribution is 5.02. The molecule has 0 aliphatic heterocycles. The highest BCUT2D eigenvalue weighted by atomic mass is 14.6. The maximum absolute atomic E-state index is 1.65. The molecule has 5 rings (SSSR count). The van der Waals surface area contributed by atoms with Gasteiger partial charge in [0, 0.05) is 0 Å². The van der Waals surface area contributed by atoms with Gasteiger partial charge in [-0.05, 0) is 98.7 Å². The van der Waals surface area contributed by atoms with Gasteiger partial charge < -0.3 is 0 Å². The van der Waals surface area contributed by atoms with Crippen molar-refractivity contribution in [2.45, 2.75) is 141 Å². The molecule has 5 aliphatic rings. The summed E-state index contributed by atoms with van der Waals surface area (Å²) in [5.41, 5.74) is 1.64. The fourth-order valence-electron chi connectivity index (χ4n) is 9.83. The summed E-state index contributed by atoms with van der Waals surface area (Å²) in [5.74, 6) is 4.52. The third kappa shape index (κ3) is 3.73. The Bertz CT molecular complexity index is 492. The van der Waals surface area contributed by atoms with E-state index in [1.807, 2.05) is 0 Å². The molecule has 0 amide bonds. The van der Waals surface area contributed by atoms with Crippen molar-refractivity contribution in [3.05, 3.63) is 0 Å². The number of rotatable bonds is 5. The summed E-state index contributed by atoms with van der Waals surface area (Å²) in [7, 11) is 0. The van der Waals surface area contributed by atoms with Crippen LogP contribution in [0.4, 0.5) is 0 Å². The van der Waals surface area contributed by atoms with Gasteiger partial charge in [-0.15, -0.1) is 0 Å². The van der Waals surface area contributed by atoms with Gasteiger partial charge >= 0.3 is 0 Å². The molecule has 0 radical (unpaired) electrons. The zero-order chi connectivity index (χ0) is 18.9. The van der Waals surface area contributed by atoms with Crippen LogP contribution in [0.3, 0.4) is 0 Å². The maximum atomic E-state index is 1.65. The molecule has 5 saturated carbocycles. The van der Waals surface area contributed by atoms with Gasteiger partial charge in [-0.2, -0.15) is 0 Å². The largest absolute Gasteiger partial charge is 0.0533 e. The average Bonchev–Trinajstić information content (AvgIpc) is 3.25. The van der Waals surface area contributed by atoms with Crippen molar-refractivity contribution < 1.29 is 0 Å². The van der Waals surface area contributed by atoms with Gasteiger partial charge in [0.05, 0.1) is 0 Å². The molecule has 28 heavy (non-hydrogen) atoms. The predicted molar refractivity (Wildman–Crippen MR) is 120 cm³/mol. The summed E-state index contributed by atoms with van der Waals surface area (Å²) in [6, 6.07) is 0. The van der Waals surface area contributed by atoms with Crippen LogP contribution in [0.1, 0.15) is 141 Å². The Morgan fingerprint density at radius 2 is 1.18 bits per heavy atom. The smallest absolute Gasteiger partial charge is 0.0264 e. The lowest BCUT2D eigenvalue weighted by Crippen LogP contribution is -2.31. The first kappa shape index (κ1) is 19.9. The lowest BCUT2D eigenvalue weighted by molar-refractivity contribution is 0.0900. The van der Waals surface area contributed by atoms with Crippen LogP contribution in [0.25, 0.3) is 0 Å². The fraction of sp³-hybridized carbons (Fsp3) is 1.00. The van der Waals surface area contributed by atoms with Gasteiger partial charge in [-0.25, -0.2) is 0 Å². The number of fused-ring (bicyclic) bond motifs is 1. The van der Waals surface area contributed by atoms with Crippen LogP contribution in [-0.4, -0.2) is 0 Å². The summed E-state index contributed by atoms with van der Waals surface area (Å²) < 4.78 is 0. The topological polar surface area (TPSA) is 0 Å². The maximum Gasteiger partial charge on any atom is -0.0264 e. The highest BCUT2D eigenvalue weighted by Crippen LogP contribution is 2.62. The van der Waals surface area contributed by atoms with Gasteiger partial charge in [0.25, 0.3) is 0 Å². The summed E-state index contributed by atoms with van der Waals surface area (Å²) in [6.07, 6.45) is 34.7. The van der Waals surface area contributed by atoms with E-state index >= 15 is 0 Å². The van der Waals surface area contributed by atoms with Gasteiger partial charge in [0.2, 0.25) is 0 Å². The second kappa shape index (κ2) is 8.63. The standard InChI is InChI=1S/C28H48/c1-7-17-27(18-8-1)21-11-14-24(27)13-4-6-16-26-25-15-5-3-12-23(25)22-28(26)19-9-2-10-20-28/h23-26H,1-22H2. The monoisotopic (exact) mass is 384 g/mol. The minimum absolute atomic E-state index is 0.815. The Kier molecular flexibility index (Phi) is 6.14. The third-order valence-corrected chi connectivity index (χ3v) is 11.0. The molecule has 0 heteroatoms. The molecule has 160 valence electrons. The van der Waals surface area contributed by atoms with Gasteiger partial charge in [0.1, 0.15) is 0 Å². The van der Waals surface area contributed by atoms with Crippen molar-refractivity contribution >= 4 is 0 Å². The zero-order valence-electron chi connectivity index (χ0n) is 18.9. The molecule has 0 bridgehead atoms. The summed E-state index contributed by atoms with van der Waals surface area (Å²) in [5, 5.41) is 0. The van der Waals surface area contributed by atoms with Crippen LogP contribution in [-0.2, 0) is 0 Å². The molecule has 0 nitrogen and oxygen atoms in total. The van der Waals surface area contributed by atoms with Crippen LogP contribution in [0, 0.1) is 34.5 Å². The Morgan fingerprint density at radius 1 is 0.536 bits per heavy atom. The molecule has 4 unspecified atom stereocenters. The zero-order valence-corrected chi connectivity index (χ0v) is 18.9. The predicted octanol–water partition coefficient (Wildman–Crippen LogP) is 9.07. The summed E-state index contributed by atoms with van der Waals surface area (Å²) >= 11 is 0. The Balaban J connectivity index is 1.17. The van der Waals surface area contributed by atoms with E-state index in [4.69, 9.17) is 0 Å². The van der Waals surface area contributed by atoms with E-state index in [-0.39, 0.29) is 0 Å². The second-order valence-corrected chi connectivity index (χ2v) is 12.2. The molecule has 0 aromatic heterocycles. The van der Waals surface area contributed by atoms with Crippen LogP contribution in [0.2, 0.25) is 0 Å². The molecule has 0 saturated heterocycles. The van der Waals surface area contributed by atoms with E-state index in [0.717, 1.165) is 34.5 Å². The minimum Gasteiger partial charge on any atom is -0.0533 e. The van der Waals surface area contributed by atoms with E-state index in [2.05, 4.69) is 0 Å². The summed E-state index contributed by atoms with van der Waals surface area (Å²) in [4.78, 5) is 0. The Morgan fingerprint density at radius 3 is 1.96 bits per heavy atom. The normalized spacial score (nSPS) is 39.4. The summed E-state index contributed by atoms with van der Waals surface area (Å²) in [6.45, 7) is 0. The molecule has 4 atom stereocenters. The van der Waals surface area contributed by atoms with E-state index < -0.39 is 0 Å². The van der Waals surface area contributed by atoms with Crippen LogP contribution < -0.4 is 0 Å². The minimum atomic E-state index is 0.815. The molecule has 5 fully saturated rings. The quantitative estimate of drug-likeness (QED) is 0.414. The van der Waals surface area contributed by atoms with Crippen molar-refractivity contribution in [2.75, 3.05) is 0 Å². The van der Waals surface area contributed by atoms with Gasteiger partial charge in [-0.3, -0.25) is 0 Å². The first-order chi connectivity index (χ1) is 13.8. The number of hydrogen-bond acceptors (Lipinski definition) is 0. The van der Waals surface area contributed by atoms with E-state index in [9.17, 15) is 0 Å². The Labute approximate surface area is 176 Å². The van der Waals surface area contributed by atoms with Gasteiger partial charge in [0.15, 0.2) is 0 Å². The van der Waals surface area contributed by atoms with Crippen molar-refractivity contribution in [1.82, 2.24) is 0 Å². The number of hydrogen-bond donors (Lipinski definition) is 0. The third-order valence-electron chi connectivity index (χ3n) is 11.0. The van der Waals surface area contributed by atoms with Gasteiger partial charge in [-0.1, -0.05) is 77.0 Å². The SMILES string of the molecule is C1CCC2(CC1)CCCC2CCCCC1C2CCCCC2CC12CCCCC2. The highest BCUT2D eigenvalue weighted by Gasteiger charge is 2.52. The molecular weight excluding hydrogens is 336 g/mol. The molecule has 0 N–H and O–H groups in total. The first-order valence-corrected chi connectivity index (χ1v) is 13.8. The molecular formula is C28H48. The fourth-order valence-corrected chi connectivity index (χ4v) is 9.83. The van der Waals surface area contributed by atoms with Crippen molar-refractivity contribution in [3.8, 4) is 0 Å². The van der Waals surface area contributed by atoms with Crippen molar-refractivity contribution in [1.29, 1.82) is 0 Å². The number of unbranched alkanes of at least 4 members (excludes halogenated alkanes) is 1. The van der Waals surface area contributed by atoms with E-state index in [1.54, 1.807) is 128 Å². The van der Waals surface area contributed by atoms with Crippen LogP contribution >= 0.6 is 0 Å². The van der Waals surface area contributed by atoms with E-state index in [0.29, 0.717) is 0 Å². The lowest BCUT2D eigenvalue weighted by Gasteiger charge is -2.41. The van der Waals surface area contributed by atoms with E-state index in [1.165, 1.54) is 12.8 Å². The van der Waals surface area contributed by atoms with Crippen LogP contribution in [0.5, 0.6) is 0 Å². The van der Waals surface area contributed by atoms with Crippen molar-refractivity contribution in [2.24, 2.45) is 34.5 Å². The second-order valence-electron chi connectivity index (χ2n) is 12.2. The lowest BCUT2D eigenvalue weighted by atomic mass is 9.64. The average molecular weight is 385 g/mol. The molecule has 2 spiro atoms. The van der Waals surface area contributed by atoms with Crippen molar-refractivity contribution in [3.63, 3.8) is 0 Å². The first-order valence-electron chi connectivity index (χ1n) is 13.8. The Hall–Kier alpha value is 0. The van der Waals surface area contributed by atoms with Crippen LogP contribution in [0.15, 0.2) is 0 Å². The molecule has 0 heterocycles.